The first-order valence-corrected chi connectivity index (χ1v) is 6.54. The third kappa shape index (κ3) is 1.59. The van der Waals surface area contributed by atoms with Gasteiger partial charge in [0.05, 0.1) is 11.5 Å². The molecule has 0 bridgehead atoms. The molecule has 1 N–H and O–H groups in total. The Bertz CT molecular complexity index is 190. The van der Waals surface area contributed by atoms with E-state index in [2.05, 4.69) is 0 Å². The van der Waals surface area contributed by atoms with Crippen LogP contribution < -0.4 is 0 Å². The van der Waals surface area contributed by atoms with Crippen LogP contribution in [0.3, 0.4) is 0 Å². The van der Waals surface area contributed by atoms with Crippen molar-refractivity contribution >= 4 is 11.6 Å². The molecule has 1 unspecified atom stereocenters. The fraction of sp³-hybridized carbons (Fsp3) is 1.00. The first-order valence-electron chi connectivity index (χ1n) is 6.01. The molecular weight excluding hydrogens is 196 g/mol. The van der Waals surface area contributed by atoms with Gasteiger partial charge in [-0.1, -0.05) is 32.1 Å². The summed E-state index contributed by atoms with van der Waals surface area (Å²) >= 11 is 5.99. The van der Waals surface area contributed by atoms with Gasteiger partial charge in [0.2, 0.25) is 0 Å². The van der Waals surface area contributed by atoms with Gasteiger partial charge in [0.15, 0.2) is 0 Å². The standard InChI is InChI=1S/C12H21ClO/c13-10-12(14)9-5-4-8-11(12)6-2-1-3-7-11/h14H,1-10H2. The molecule has 0 aromatic rings. The van der Waals surface area contributed by atoms with Gasteiger partial charge in [-0.2, -0.15) is 0 Å². The first kappa shape index (κ1) is 10.8. The fourth-order valence-electron chi connectivity index (χ4n) is 3.53. The highest BCUT2D eigenvalue weighted by Crippen LogP contribution is 2.53. The van der Waals surface area contributed by atoms with E-state index in [-0.39, 0.29) is 5.41 Å². The lowest BCUT2D eigenvalue weighted by Gasteiger charge is -2.52. The predicted octanol–water partition coefficient (Wildman–Crippen LogP) is 3.48. The molecule has 0 heterocycles. The summed E-state index contributed by atoms with van der Waals surface area (Å²) in [6.45, 7) is 0. The van der Waals surface area contributed by atoms with E-state index in [4.69, 9.17) is 11.6 Å². The molecule has 0 amide bonds. The van der Waals surface area contributed by atoms with Gasteiger partial charge in [0.25, 0.3) is 0 Å². The van der Waals surface area contributed by atoms with Crippen molar-refractivity contribution in [1.29, 1.82) is 0 Å². The lowest BCUT2D eigenvalue weighted by Crippen LogP contribution is -2.53. The monoisotopic (exact) mass is 216 g/mol. The summed E-state index contributed by atoms with van der Waals surface area (Å²) in [5.41, 5.74) is -0.363. The Morgan fingerprint density at radius 1 is 0.857 bits per heavy atom. The molecule has 1 atom stereocenters. The van der Waals surface area contributed by atoms with Crippen LogP contribution in [0.2, 0.25) is 0 Å². The highest BCUT2D eigenvalue weighted by molar-refractivity contribution is 6.18. The summed E-state index contributed by atoms with van der Waals surface area (Å²) < 4.78 is 0. The molecule has 2 aliphatic carbocycles. The van der Waals surface area contributed by atoms with Crippen LogP contribution in [0.25, 0.3) is 0 Å². The van der Waals surface area contributed by atoms with E-state index in [9.17, 15) is 5.11 Å². The van der Waals surface area contributed by atoms with Crippen molar-refractivity contribution in [2.75, 3.05) is 5.88 Å². The second-order valence-electron chi connectivity index (χ2n) is 5.21. The Hall–Kier alpha value is 0.250. The summed E-state index contributed by atoms with van der Waals surface area (Å²) in [7, 11) is 0. The number of alkyl halides is 1. The predicted molar refractivity (Wildman–Crippen MR) is 59.7 cm³/mol. The van der Waals surface area contributed by atoms with Gasteiger partial charge in [-0.25, -0.2) is 0 Å². The molecule has 0 aromatic heterocycles. The molecule has 0 aliphatic heterocycles. The molecule has 82 valence electrons. The van der Waals surface area contributed by atoms with Crippen molar-refractivity contribution in [1.82, 2.24) is 0 Å². The smallest absolute Gasteiger partial charge is 0.0838 e. The highest BCUT2D eigenvalue weighted by Gasteiger charge is 2.50. The Morgan fingerprint density at radius 2 is 1.36 bits per heavy atom. The number of halogens is 1. The number of hydrogen-bond acceptors (Lipinski definition) is 1. The third-order valence-electron chi connectivity index (χ3n) is 4.51. The van der Waals surface area contributed by atoms with Crippen LogP contribution in [0, 0.1) is 5.41 Å². The van der Waals surface area contributed by atoms with Crippen LogP contribution in [-0.2, 0) is 0 Å². The summed E-state index contributed by atoms with van der Waals surface area (Å²) in [6, 6.07) is 0. The molecule has 0 saturated heterocycles. The number of hydrogen-bond donors (Lipinski definition) is 1. The van der Waals surface area contributed by atoms with Crippen LogP contribution in [-0.4, -0.2) is 16.6 Å². The zero-order chi connectivity index (χ0) is 10.1. The van der Waals surface area contributed by atoms with E-state index >= 15 is 0 Å². The molecule has 2 aliphatic rings. The van der Waals surface area contributed by atoms with Gasteiger partial charge in [0.1, 0.15) is 0 Å². The van der Waals surface area contributed by atoms with Gasteiger partial charge in [-0.05, 0) is 25.7 Å². The van der Waals surface area contributed by atoms with E-state index in [1.54, 1.807) is 0 Å². The van der Waals surface area contributed by atoms with Crippen LogP contribution in [0.5, 0.6) is 0 Å². The molecule has 2 fully saturated rings. The van der Waals surface area contributed by atoms with Crippen LogP contribution in [0.15, 0.2) is 0 Å². The molecule has 2 rings (SSSR count). The molecule has 0 radical (unpaired) electrons. The van der Waals surface area contributed by atoms with Crippen molar-refractivity contribution in [2.24, 2.45) is 5.41 Å². The maximum Gasteiger partial charge on any atom is 0.0838 e. The van der Waals surface area contributed by atoms with Gasteiger partial charge in [-0.3, -0.25) is 0 Å². The van der Waals surface area contributed by atoms with Crippen molar-refractivity contribution in [3.63, 3.8) is 0 Å². The Morgan fingerprint density at radius 3 is 1.93 bits per heavy atom. The van der Waals surface area contributed by atoms with Crippen molar-refractivity contribution in [3.05, 3.63) is 0 Å². The minimum Gasteiger partial charge on any atom is -0.388 e. The average Bonchev–Trinajstić information content (AvgIpc) is 2.24. The van der Waals surface area contributed by atoms with Crippen molar-refractivity contribution in [2.45, 2.75) is 63.4 Å². The maximum absolute atomic E-state index is 10.6. The second kappa shape index (κ2) is 4.02. The van der Waals surface area contributed by atoms with Crippen molar-refractivity contribution < 1.29 is 5.11 Å². The van der Waals surface area contributed by atoms with E-state index in [1.165, 1.54) is 44.9 Å². The topological polar surface area (TPSA) is 20.2 Å². The third-order valence-corrected chi connectivity index (χ3v) is 4.96. The molecule has 14 heavy (non-hydrogen) atoms. The molecule has 1 nitrogen and oxygen atoms in total. The molecule has 2 saturated carbocycles. The van der Waals surface area contributed by atoms with Crippen LogP contribution in [0.1, 0.15) is 57.8 Å². The minimum absolute atomic E-state index is 0.186. The average molecular weight is 217 g/mol. The zero-order valence-electron chi connectivity index (χ0n) is 8.90. The first-order chi connectivity index (χ1) is 6.72. The second-order valence-corrected chi connectivity index (χ2v) is 5.48. The van der Waals surface area contributed by atoms with Gasteiger partial charge in [0, 0.05) is 5.41 Å². The van der Waals surface area contributed by atoms with Crippen molar-refractivity contribution in [3.8, 4) is 0 Å². The SMILES string of the molecule is OC1(CCl)CCCCC12CCCCC2. The van der Waals surface area contributed by atoms with Gasteiger partial charge < -0.3 is 5.11 Å². The van der Waals surface area contributed by atoms with E-state index < -0.39 is 5.60 Å². The number of rotatable bonds is 1. The highest BCUT2D eigenvalue weighted by atomic mass is 35.5. The van der Waals surface area contributed by atoms with E-state index in [1.807, 2.05) is 0 Å². The van der Waals surface area contributed by atoms with Gasteiger partial charge >= 0.3 is 0 Å². The zero-order valence-corrected chi connectivity index (χ0v) is 9.65. The summed E-state index contributed by atoms with van der Waals surface area (Å²) in [5, 5.41) is 10.6. The lowest BCUT2D eigenvalue weighted by molar-refractivity contribution is -0.116. The van der Waals surface area contributed by atoms with E-state index in [0.717, 1.165) is 12.8 Å². The van der Waals surface area contributed by atoms with Crippen LogP contribution >= 0.6 is 11.6 Å². The Kier molecular flexibility index (Phi) is 3.09. The minimum atomic E-state index is -0.548. The normalized spacial score (nSPS) is 37.3. The molecular formula is C12H21ClO. The summed E-state index contributed by atoms with van der Waals surface area (Å²) in [5.74, 6) is 0.438. The summed E-state index contributed by atoms with van der Waals surface area (Å²) in [6.07, 6.45) is 10.9. The largest absolute Gasteiger partial charge is 0.388 e. The van der Waals surface area contributed by atoms with Gasteiger partial charge in [-0.15, -0.1) is 11.6 Å². The Balaban J connectivity index is 2.19. The fourth-order valence-corrected chi connectivity index (χ4v) is 3.95. The molecule has 1 spiro atoms. The quantitative estimate of drug-likeness (QED) is 0.666. The Labute approximate surface area is 91.8 Å². The summed E-state index contributed by atoms with van der Waals surface area (Å²) in [4.78, 5) is 0. The van der Waals surface area contributed by atoms with Crippen LogP contribution in [0.4, 0.5) is 0 Å². The maximum atomic E-state index is 10.6. The molecule has 0 aromatic carbocycles. The lowest BCUT2D eigenvalue weighted by atomic mass is 9.57. The van der Waals surface area contributed by atoms with E-state index in [0.29, 0.717) is 5.88 Å². The number of aliphatic hydroxyl groups is 1. The molecule has 2 heteroatoms.